The van der Waals surface area contributed by atoms with Crippen LogP contribution >= 0.6 is 0 Å². The zero-order valence-corrected chi connectivity index (χ0v) is 12.7. The van der Waals surface area contributed by atoms with Crippen LogP contribution in [0.25, 0.3) is 0 Å². The van der Waals surface area contributed by atoms with Gasteiger partial charge >= 0.3 is 0 Å². The van der Waals surface area contributed by atoms with Gasteiger partial charge in [-0.2, -0.15) is 0 Å². The number of carbonyl (C=O) groups is 1. The van der Waals surface area contributed by atoms with Crippen LogP contribution in [0.4, 0.5) is 0 Å². The molecule has 0 radical (unpaired) electrons. The van der Waals surface area contributed by atoms with E-state index in [-0.39, 0.29) is 11.8 Å². The van der Waals surface area contributed by atoms with Crippen LogP contribution in [0.2, 0.25) is 0 Å². The van der Waals surface area contributed by atoms with E-state index in [1.54, 1.807) is 0 Å². The van der Waals surface area contributed by atoms with E-state index < -0.39 is 0 Å². The Morgan fingerprint density at radius 1 is 1.26 bits per heavy atom. The van der Waals surface area contributed by atoms with Crippen LogP contribution in [0.15, 0.2) is 17.1 Å². The average Bonchev–Trinajstić information content (AvgIpc) is 2.43. The van der Waals surface area contributed by atoms with Crippen LogP contribution in [0.1, 0.15) is 27.2 Å². The normalized spacial score (nSPS) is 18.6. The molecule has 1 aliphatic heterocycles. The molecule has 0 saturated carbocycles. The van der Waals surface area contributed by atoms with Gasteiger partial charge in [0, 0.05) is 51.4 Å². The van der Waals surface area contributed by atoms with Crippen molar-refractivity contribution in [3.8, 4) is 0 Å². The molecule has 1 rings (SSSR count). The van der Waals surface area contributed by atoms with Gasteiger partial charge < -0.3 is 4.90 Å². The Labute approximate surface area is 117 Å². The smallest absolute Gasteiger partial charge is 0.225 e. The van der Waals surface area contributed by atoms with Gasteiger partial charge in [-0.05, 0) is 12.5 Å². The van der Waals surface area contributed by atoms with Crippen molar-refractivity contribution in [1.82, 2.24) is 9.80 Å². The third kappa shape index (κ3) is 5.15. The molecule has 4 nitrogen and oxygen atoms in total. The van der Waals surface area contributed by atoms with Crippen LogP contribution in [0.5, 0.6) is 0 Å². The Balaban J connectivity index is 2.42. The lowest BCUT2D eigenvalue weighted by atomic mass is 10.1. The Hall–Kier alpha value is -1.16. The number of carbonyl (C=O) groups excluding carboxylic acids is 1. The molecule has 19 heavy (non-hydrogen) atoms. The lowest BCUT2D eigenvalue weighted by molar-refractivity contribution is -0.136. The Morgan fingerprint density at radius 3 is 2.37 bits per heavy atom. The van der Waals surface area contributed by atoms with E-state index in [2.05, 4.69) is 29.0 Å². The molecule has 1 amide bonds. The van der Waals surface area contributed by atoms with Gasteiger partial charge in [0.15, 0.2) is 0 Å². The van der Waals surface area contributed by atoms with Crippen molar-refractivity contribution in [2.75, 3.05) is 39.8 Å². The number of nitrogens with zero attached hydrogens (tertiary/aromatic N) is 3. The molecule has 108 valence electrons. The fourth-order valence-corrected chi connectivity index (χ4v) is 2.17. The summed E-state index contributed by atoms with van der Waals surface area (Å²) in [5.41, 5.74) is 1.12. The van der Waals surface area contributed by atoms with Crippen molar-refractivity contribution in [3.05, 3.63) is 12.2 Å². The van der Waals surface area contributed by atoms with Crippen molar-refractivity contribution >= 4 is 11.6 Å². The van der Waals surface area contributed by atoms with Crippen molar-refractivity contribution in [3.63, 3.8) is 0 Å². The van der Waals surface area contributed by atoms with Gasteiger partial charge in [-0.1, -0.05) is 26.8 Å². The lowest BCUT2D eigenvalue weighted by Gasteiger charge is -2.35. The molecule has 0 bridgehead atoms. The molecular weight excluding hydrogens is 238 g/mol. The zero-order valence-electron chi connectivity index (χ0n) is 12.7. The van der Waals surface area contributed by atoms with Gasteiger partial charge in [-0.3, -0.25) is 14.7 Å². The Morgan fingerprint density at radius 2 is 1.89 bits per heavy atom. The van der Waals surface area contributed by atoms with Crippen LogP contribution < -0.4 is 0 Å². The molecule has 0 spiro atoms. The molecule has 0 aromatic heterocycles. The van der Waals surface area contributed by atoms with Crippen LogP contribution in [-0.2, 0) is 4.79 Å². The van der Waals surface area contributed by atoms with Crippen molar-refractivity contribution in [2.45, 2.75) is 27.2 Å². The van der Waals surface area contributed by atoms with Crippen molar-refractivity contribution in [2.24, 2.45) is 10.9 Å². The van der Waals surface area contributed by atoms with Crippen LogP contribution in [0.3, 0.4) is 0 Å². The summed E-state index contributed by atoms with van der Waals surface area (Å²) in [6.45, 7) is 10.5. The summed E-state index contributed by atoms with van der Waals surface area (Å²) in [7, 11) is 1.84. The summed E-state index contributed by atoms with van der Waals surface area (Å²) < 4.78 is 0. The number of aliphatic imine (C=N–C) groups is 1. The molecule has 0 N–H and O–H groups in total. The molecule has 1 saturated heterocycles. The maximum Gasteiger partial charge on any atom is 0.225 e. The highest BCUT2D eigenvalue weighted by Gasteiger charge is 2.22. The molecule has 0 aromatic rings. The number of rotatable bonds is 5. The van der Waals surface area contributed by atoms with Gasteiger partial charge in [-0.25, -0.2) is 0 Å². The lowest BCUT2D eigenvalue weighted by Crippen LogP contribution is -2.50. The molecular formula is C15H27N3O. The molecule has 0 aromatic carbocycles. The first-order chi connectivity index (χ1) is 9.08. The van der Waals surface area contributed by atoms with E-state index in [0.717, 1.165) is 44.9 Å². The van der Waals surface area contributed by atoms with E-state index in [9.17, 15) is 4.79 Å². The zero-order chi connectivity index (χ0) is 14.3. The molecule has 4 heteroatoms. The van der Waals surface area contributed by atoms with E-state index in [0.29, 0.717) is 0 Å². The maximum atomic E-state index is 11.9. The highest BCUT2D eigenvalue weighted by Crippen LogP contribution is 2.07. The topological polar surface area (TPSA) is 35.9 Å². The van der Waals surface area contributed by atoms with E-state index in [4.69, 9.17) is 0 Å². The van der Waals surface area contributed by atoms with Gasteiger partial charge in [0.2, 0.25) is 5.91 Å². The summed E-state index contributed by atoms with van der Waals surface area (Å²) >= 11 is 0. The average molecular weight is 265 g/mol. The van der Waals surface area contributed by atoms with Gasteiger partial charge in [0.25, 0.3) is 0 Å². The molecule has 1 aliphatic rings. The highest BCUT2D eigenvalue weighted by molar-refractivity contribution is 5.96. The number of allylic oxidation sites excluding steroid dienone is 1. The molecule has 0 unspecified atom stereocenters. The number of hydrogen-bond donors (Lipinski definition) is 0. The van der Waals surface area contributed by atoms with E-state index in [1.165, 1.54) is 0 Å². The Kier molecular flexibility index (Phi) is 6.78. The summed E-state index contributed by atoms with van der Waals surface area (Å²) in [5, 5.41) is 0. The molecule has 0 atom stereocenters. The minimum Gasteiger partial charge on any atom is -0.340 e. The third-order valence-corrected chi connectivity index (χ3v) is 3.40. The highest BCUT2D eigenvalue weighted by atomic mass is 16.2. The second-order valence-electron chi connectivity index (χ2n) is 5.28. The number of piperazine rings is 1. The summed E-state index contributed by atoms with van der Waals surface area (Å²) in [6, 6.07) is 0. The van der Waals surface area contributed by atoms with Crippen molar-refractivity contribution < 1.29 is 4.79 Å². The molecule has 1 heterocycles. The molecule has 0 aliphatic carbocycles. The summed E-state index contributed by atoms with van der Waals surface area (Å²) in [5.74, 6) is 0.377. The van der Waals surface area contributed by atoms with E-state index >= 15 is 0 Å². The summed E-state index contributed by atoms with van der Waals surface area (Å²) in [6.07, 6.45) is 5.28. The fourth-order valence-electron chi connectivity index (χ4n) is 2.17. The first-order valence-corrected chi connectivity index (χ1v) is 7.21. The monoisotopic (exact) mass is 265 g/mol. The maximum absolute atomic E-state index is 11.9. The largest absolute Gasteiger partial charge is 0.340 e. The first-order valence-electron chi connectivity index (χ1n) is 7.21. The second-order valence-corrected chi connectivity index (χ2v) is 5.28. The quantitative estimate of drug-likeness (QED) is 0.711. The fraction of sp³-hybridized carbons (Fsp3) is 0.733. The number of amides is 1. The van der Waals surface area contributed by atoms with Crippen LogP contribution in [0, 0.1) is 5.92 Å². The third-order valence-electron chi connectivity index (χ3n) is 3.40. The predicted molar refractivity (Wildman–Crippen MR) is 80.6 cm³/mol. The SMILES string of the molecule is CC/C=C\C(CN1CCN(C(=O)C(C)C)CC1)=NC. The Bertz CT molecular complexity index is 339. The molecule has 1 fully saturated rings. The summed E-state index contributed by atoms with van der Waals surface area (Å²) in [4.78, 5) is 20.6. The second kappa shape index (κ2) is 8.10. The van der Waals surface area contributed by atoms with Gasteiger partial charge in [-0.15, -0.1) is 0 Å². The minimum absolute atomic E-state index is 0.104. The van der Waals surface area contributed by atoms with Gasteiger partial charge in [0.05, 0.1) is 0 Å². The van der Waals surface area contributed by atoms with Crippen molar-refractivity contribution in [1.29, 1.82) is 0 Å². The first kappa shape index (κ1) is 15.9. The predicted octanol–water partition coefficient (Wildman–Crippen LogP) is 1.82. The number of hydrogen-bond acceptors (Lipinski definition) is 3. The van der Waals surface area contributed by atoms with E-state index in [1.807, 2.05) is 25.8 Å². The van der Waals surface area contributed by atoms with Gasteiger partial charge in [0.1, 0.15) is 0 Å². The standard InChI is InChI=1S/C15H27N3O/c1-5-6-7-14(16-4)12-17-8-10-18(11-9-17)15(19)13(2)3/h6-7,13H,5,8-12H2,1-4H3/b7-6-,16-14?. The minimum atomic E-state index is 0.104. The van der Waals surface area contributed by atoms with Crippen LogP contribution in [-0.4, -0.2) is 61.2 Å².